The molecule has 0 unspecified atom stereocenters. The number of nitrogens with zero attached hydrogens (tertiary/aromatic N) is 1. The van der Waals surface area contributed by atoms with E-state index in [1.54, 1.807) is 11.8 Å². The number of hydrogen-bond donors (Lipinski definition) is 2. The maximum absolute atomic E-state index is 12.3. The Bertz CT molecular complexity index is 699. The number of aliphatic hydroxyl groups is 1. The summed E-state index contributed by atoms with van der Waals surface area (Å²) in [5.74, 6) is 0.777. The van der Waals surface area contributed by atoms with Gasteiger partial charge in [-0.1, -0.05) is 27.7 Å². The molecule has 0 aliphatic carbocycles. The maximum atomic E-state index is 12.3. The van der Waals surface area contributed by atoms with Crippen molar-refractivity contribution in [2.24, 2.45) is 0 Å². The van der Waals surface area contributed by atoms with Crippen molar-refractivity contribution in [3.8, 4) is 0 Å². The van der Waals surface area contributed by atoms with Crippen molar-refractivity contribution in [3.63, 3.8) is 0 Å². The lowest BCUT2D eigenvalue weighted by Crippen LogP contribution is -2.49. The van der Waals surface area contributed by atoms with Crippen molar-refractivity contribution in [1.29, 1.82) is 0 Å². The normalized spacial score (nSPS) is 27.0. The number of hydrogen-bond acceptors (Lipinski definition) is 6. The van der Waals surface area contributed by atoms with E-state index in [1.165, 1.54) is 12.3 Å². The molecule has 0 aromatic carbocycles. The van der Waals surface area contributed by atoms with Gasteiger partial charge in [0.1, 0.15) is 6.10 Å². The molecule has 0 saturated carbocycles. The summed E-state index contributed by atoms with van der Waals surface area (Å²) in [4.78, 5) is 27.1. The van der Waals surface area contributed by atoms with Gasteiger partial charge >= 0.3 is 5.69 Å². The largest absolute Gasteiger partial charge is 0.410 e. The lowest BCUT2D eigenvalue weighted by molar-refractivity contribution is -0.0446. The first-order valence-electron chi connectivity index (χ1n) is 8.89. The third kappa shape index (κ3) is 4.17. The lowest BCUT2D eigenvalue weighted by atomic mass is 10.2. The summed E-state index contributed by atoms with van der Waals surface area (Å²) in [7, 11) is -2.13. The fourth-order valence-electron chi connectivity index (χ4n) is 2.77. The summed E-state index contributed by atoms with van der Waals surface area (Å²) < 4.78 is 13.6. The highest BCUT2D eigenvalue weighted by Crippen LogP contribution is 2.44. The van der Waals surface area contributed by atoms with Gasteiger partial charge in [-0.2, -0.15) is 11.8 Å². The Hall–Kier alpha value is -0.873. The fourth-order valence-corrected chi connectivity index (χ4v) is 5.35. The monoisotopic (exact) mass is 402 g/mol. The minimum absolute atomic E-state index is 0.00637. The number of aliphatic hydroxyl groups excluding tert-OH is 1. The van der Waals surface area contributed by atoms with Crippen LogP contribution in [0.1, 0.15) is 33.9 Å². The van der Waals surface area contributed by atoms with Crippen molar-refractivity contribution in [1.82, 2.24) is 9.55 Å². The van der Waals surface area contributed by atoms with Crippen LogP contribution in [0.4, 0.5) is 0 Å². The molecule has 148 valence electrons. The molecule has 2 N–H and O–H groups in total. The van der Waals surface area contributed by atoms with Gasteiger partial charge in [0.15, 0.2) is 14.5 Å². The SMILES string of the molecule is CCS[C@@H]1[C@H](O[Si](C)(C)C(C)(C)C)[C@@H](CO)O[C@H]1n1c(=O)cc[nH]c1=O. The third-order valence-electron chi connectivity index (χ3n) is 5.20. The number of aromatic amines is 1. The van der Waals surface area contributed by atoms with E-state index in [9.17, 15) is 14.7 Å². The number of rotatable bonds is 6. The van der Waals surface area contributed by atoms with Crippen molar-refractivity contribution >= 4 is 20.1 Å². The molecule has 0 radical (unpaired) electrons. The zero-order valence-electron chi connectivity index (χ0n) is 16.3. The smallest absolute Gasteiger partial charge is 0.330 e. The minimum Gasteiger partial charge on any atom is -0.410 e. The van der Waals surface area contributed by atoms with Crippen LogP contribution < -0.4 is 11.2 Å². The predicted octanol–water partition coefficient (Wildman–Crippen LogP) is 1.94. The number of H-pyrrole nitrogens is 1. The fraction of sp³-hybridized carbons (Fsp3) is 0.765. The third-order valence-corrected chi connectivity index (χ3v) is 10.9. The van der Waals surface area contributed by atoms with Crippen LogP contribution in [-0.4, -0.2) is 52.8 Å². The van der Waals surface area contributed by atoms with Crippen LogP contribution in [0.25, 0.3) is 0 Å². The molecule has 1 aliphatic rings. The summed E-state index contributed by atoms with van der Waals surface area (Å²) in [6, 6.07) is 1.30. The second-order valence-corrected chi connectivity index (χ2v) is 14.2. The first-order chi connectivity index (χ1) is 12.0. The van der Waals surface area contributed by atoms with E-state index < -0.39 is 31.9 Å². The van der Waals surface area contributed by atoms with Gasteiger partial charge in [0.05, 0.1) is 18.0 Å². The van der Waals surface area contributed by atoms with Gasteiger partial charge in [0.2, 0.25) is 0 Å². The summed E-state index contributed by atoms with van der Waals surface area (Å²) in [5, 5.41) is 9.59. The summed E-state index contributed by atoms with van der Waals surface area (Å²) >= 11 is 1.59. The molecule has 1 aliphatic heterocycles. The van der Waals surface area contributed by atoms with Gasteiger partial charge in [0, 0.05) is 12.3 Å². The number of nitrogens with one attached hydrogen (secondary N) is 1. The van der Waals surface area contributed by atoms with Crippen LogP contribution in [0.15, 0.2) is 21.9 Å². The van der Waals surface area contributed by atoms with E-state index >= 15 is 0 Å². The molecule has 26 heavy (non-hydrogen) atoms. The molecule has 0 bridgehead atoms. The van der Waals surface area contributed by atoms with Gasteiger partial charge in [-0.25, -0.2) is 9.36 Å². The number of ether oxygens (including phenoxy) is 1. The summed E-state index contributed by atoms with van der Waals surface area (Å²) in [6.07, 6.45) is -0.415. The highest BCUT2D eigenvalue weighted by atomic mass is 32.2. The molecule has 0 spiro atoms. The van der Waals surface area contributed by atoms with Crippen LogP contribution in [-0.2, 0) is 9.16 Å². The van der Waals surface area contributed by atoms with Crippen molar-refractivity contribution < 1.29 is 14.3 Å². The van der Waals surface area contributed by atoms with Gasteiger partial charge < -0.3 is 19.3 Å². The predicted molar refractivity (Wildman–Crippen MR) is 106 cm³/mol. The molecule has 1 aromatic rings. The molecule has 1 saturated heterocycles. The first-order valence-corrected chi connectivity index (χ1v) is 12.8. The molecule has 1 fully saturated rings. The zero-order chi connectivity index (χ0) is 19.7. The molecule has 2 heterocycles. The van der Waals surface area contributed by atoms with E-state index in [2.05, 4.69) is 38.8 Å². The molecular formula is C17H30N2O5SSi. The van der Waals surface area contributed by atoms with Crippen LogP contribution in [0, 0.1) is 0 Å². The van der Waals surface area contributed by atoms with E-state index in [0.717, 1.165) is 10.3 Å². The quantitative estimate of drug-likeness (QED) is 0.706. The van der Waals surface area contributed by atoms with Crippen LogP contribution in [0.2, 0.25) is 18.1 Å². The number of thioether (sulfide) groups is 1. The van der Waals surface area contributed by atoms with E-state index in [4.69, 9.17) is 9.16 Å². The van der Waals surface area contributed by atoms with Crippen molar-refractivity contribution in [2.45, 2.75) is 69.5 Å². The van der Waals surface area contributed by atoms with E-state index in [1.807, 2.05) is 6.92 Å². The lowest BCUT2D eigenvalue weighted by Gasteiger charge is -2.40. The molecule has 7 nitrogen and oxygen atoms in total. The van der Waals surface area contributed by atoms with Crippen molar-refractivity contribution in [2.75, 3.05) is 12.4 Å². The van der Waals surface area contributed by atoms with Crippen molar-refractivity contribution in [3.05, 3.63) is 33.1 Å². The van der Waals surface area contributed by atoms with Crippen LogP contribution in [0.5, 0.6) is 0 Å². The van der Waals surface area contributed by atoms with Gasteiger partial charge in [-0.15, -0.1) is 0 Å². The zero-order valence-corrected chi connectivity index (χ0v) is 18.1. The highest BCUT2D eigenvalue weighted by Gasteiger charge is 2.51. The highest BCUT2D eigenvalue weighted by molar-refractivity contribution is 7.99. The molecule has 2 rings (SSSR count). The molecule has 1 aromatic heterocycles. The molecular weight excluding hydrogens is 372 g/mol. The Morgan fingerprint density at radius 1 is 1.38 bits per heavy atom. The van der Waals surface area contributed by atoms with E-state index in [0.29, 0.717) is 0 Å². The minimum atomic E-state index is -2.13. The van der Waals surface area contributed by atoms with Crippen LogP contribution in [0.3, 0.4) is 0 Å². The van der Waals surface area contributed by atoms with Gasteiger partial charge in [0.25, 0.3) is 5.56 Å². The second-order valence-electron chi connectivity index (χ2n) is 8.00. The van der Waals surface area contributed by atoms with E-state index in [-0.39, 0.29) is 23.0 Å². The summed E-state index contributed by atoms with van der Waals surface area (Å²) in [6.45, 7) is 12.5. The van der Waals surface area contributed by atoms with Crippen LogP contribution >= 0.6 is 11.8 Å². The first kappa shape index (κ1) is 21.4. The Morgan fingerprint density at radius 2 is 2.04 bits per heavy atom. The van der Waals surface area contributed by atoms with Gasteiger partial charge in [-0.3, -0.25) is 4.79 Å². The Kier molecular flexibility index (Phi) is 6.60. The number of aromatic nitrogens is 2. The second kappa shape index (κ2) is 8.01. The molecule has 0 amide bonds. The maximum Gasteiger partial charge on any atom is 0.330 e. The average Bonchev–Trinajstić information content (AvgIpc) is 2.84. The standard InChI is InChI=1S/C17H30N2O5SSi/c1-7-25-14-13(24-26(5,6)17(2,3)4)11(10-20)23-15(14)19-12(21)8-9-18-16(19)22/h8-9,11,13-15,20H,7,10H2,1-6H3,(H,18,22)/t11-,13-,14-,15-/m1/s1. The average molecular weight is 403 g/mol. The Morgan fingerprint density at radius 3 is 2.54 bits per heavy atom. The molecule has 9 heteroatoms. The topological polar surface area (TPSA) is 93.5 Å². The Labute approximate surface area is 159 Å². The summed E-state index contributed by atoms with van der Waals surface area (Å²) in [5.41, 5.74) is -0.945. The Balaban J connectivity index is 2.45. The van der Waals surface area contributed by atoms with Gasteiger partial charge in [-0.05, 0) is 23.9 Å². The molecule has 4 atom stereocenters.